The second kappa shape index (κ2) is 11.5. The zero-order chi connectivity index (χ0) is 10.6. The quantitative estimate of drug-likeness (QED) is 0.497. The second-order valence-corrected chi connectivity index (χ2v) is 2.42. The number of aliphatic hydroxyl groups is 1. The van der Waals surface area contributed by atoms with Crippen LogP contribution in [0.5, 0.6) is 0 Å². The van der Waals surface area contributed by atoms with E-state index >= 15 is 0 Å². The molecule has 0 aromatic carbocycles. The van der Waals surface area contributed by atoms with Crippen molar-refractivity contribution in [1.82, 2.24) is 0 Å². The summed E-state index contributed by atoms with van der Waals surface area (Å²) in [4.78, 5) is 30.0. The molecule has 0 unspecified atom stereocenters. The summed E-state index contributed by atoms with van der Waals surface area (Å²) in [6, 6.07) is 0. The normalized spacial score (nSPS) is 8.81. The van der Waals surface area contributed by atoms with Gasteiger partial charge in [-0.2, -0.15) is 0 Å². The predicted octanol–water partition coefficient (Wildman–Crippen LogP) is -6.39. The van der Waals surface area contributed by atoms with Crippen molar-refractivity contribution in [3.05, 3.63) is 0 Å². The summed E-state index contributed by atoms with van der Waals surface area (Å²) in [5.74, 6) is -5.98. The number of hydrogen-bond donors (Lipinski definition) is 1. The summed E-state index contributed by atoms with van der Waals surface area (Å²) in [6.45, 7) is 0. The number of aliphatic carboxylic acids is 3. The van der Waals surface area contributed by atoms with Gasteiger partial charge in [-0.1, -0.05) is 0 Å². The minimum absolute atomic E-state index is 0. The third kappa shape index (κ3) is 10.6. The van der Waals surface area contributed by atoms with Gasteiger partial charge in [0.1, 0.15) is 5.60 Å². The Bertz CT molecular complexity index is 241. The van der Waals surface area contributed by atoms with Gasteiger partial charge in [-0.15, -0.1) is 0 Å². The molecule has 16 heavy (non-hydrogen) atoms. The molecular formula is C6H5AlCa2O7+4. The van der Waals surface area contributed by atoms with Crippen molar-refractivity contribution >= 4 is 111 Å². The van der Waals surface area contributed by atoms with Gasteiger partial charge in [0.2, 0.25) is 0 Å². The van der Waals surface area contributed by atoms with Crippen LogP contribution >= 0.6 is 0 Å². The van der Waals surface area contributed by atoms with Crippen molar-refractivity contribution in [1.29, 1.82) is 0 Å². The second-order valence-electron chi connectivity index (χ2n) is 2.42. The van der Waals surface area contributed by atoms with Gasteiger partial charge in [-0.3, -0.25) is 0 Å². The van der Waals surface area contributed by atoms with E-state index in [1.807, 2.05) is 0 Å². The Morgan fingerprint density at radius 3 is 1.31 bits per heavy atom. The fraction of sp³-hybridized carbons (Fsp3) is 0.500. The molecule has 0 amide bonds. The van der Waals surface area contributed by atoms with Gasteiger partial charge in [0, 0.05) is 24.8 Å². The van der Waals surface area contributed by atoms with Crippen LogP contribution in [0, 0.1) is 0 Å². The topological polar surface area (TPSA) is 141 Å². The average Bonchev–Trinajstić information content (AvgIpc) is 1.82. The summed E-state index contributed by atoms with van der Waals surface area (Å²) in [5, 5.41) is 38.9. The fourth-order valence-electron chi connectivity index (χ4n) is 0.684. The molecule has 74 valence electrons. The van der Waals surface area contributed by atoms with Crippen molar-refractivity contribution in [2.24, 2.45) is 0 Å². The molecule has 0 fully saturated rings. The third-order valence-electron chi connectivity index (χ3n) is 1.25. The molecule has 0 aromatic rings. The van der Waals surface area contributed by atoms with Gasteiger partial charge in [-0.25, -0.2) is 0 Å². The van der Waals surface area contributed by atoms with Crippen LogP contribution in [0.15, 0.2) is 0 Å². The van der Waals surface area contributed by atoms with Crippen LogP contribution < -0.4 is 15.3 Å². The smallest absolute Gasteiger partial charge is 0.550 e. The Hall–Kier alpha value is 1.42. The van der Waals surface area contributed by atoms with Gasteiger partial charge in [0.05, 0.1) is 5.97 Å². The first-order valence-electron chi connectivity index (χ1n) is 3.11. The standard InChI is InChI=1S/C6H8O7.Al.2Ca/c7-3(8)1-6(13,5(11)12)2-4(9)10;;;/h13H,1-2H2,(H,7,8)(H,9,10)(H,11,12);;;/q;+3;2*+2/p-3. The molecule has 0 saturated carbocycles. The van der Waals surface area contributed by atoms with Crippen molar-refractivity contribution in [3.63, 3.8) is 0 Å². The third-order valence-corrected chi connectivity index (χ3v) is 1.25. The maximum atomic E-state index is 10.1. The minimum Gasteiger partial charge on any atom is -0.550 e. The van der Waals surface area contributed by atoms with E-state index in [0.717, 1.165) is 0 Å². The zero-order valence-corrected chi connectivity index (χ0v) is 13.9. The summed E-state index contributed by atoms with van der Waals surface area (Å²) < 4.78 is 0. The summed E-state index contributed by atoms with van der Waals surface area (Å²) >= 11 is 0. The molecule has 0 aliphatic carbocycles. The SMILES string of the molecule is O=C([O-])CC(O)(CC(=O)[O-])C(=O)[O-].[Al+3].[Ca+2].[Ca+2]. The van der Waals surface area contributed by atoms with Crippen LogP contribution in [-0.4, -0.2) is 121 Å². The molecule has 0 rings (SSSR count). The summed E-state index contributed by atoms with van der Waals surface area (Å²) in [5.41, 5.74) is -2.97. The molecule has 0 bridgehead atoms. The first kappa shape index (κ1) is 26.1. The summed E-state index contributed by atoms with van der Waals surface area (Å²) in [7, 11) is 0. The van der Waals surface area contributed by atoms with Crippen molar-refractivity contribution in [3.8, 4) is 0 Å². The number of carbonyl (C=O) groups is 3. The average molecular weight is 296 g/mol. The van der Waals surface area contributed by atoms with Crippen molar-refractivity contribution < 1.29 is 34.8 Å². The number of carboxylic acids is 3. The van der Waals surface area contributed by atoms with Crippen LogP contribution in [-0.2, 0) is 14.4 Å². The maximum absolute atomic E-state index is 10.1. The molecule has 7 nitrogen and oxygen atoms in total. The fourth-order valence-corrected chi connectivity index (χ4v) is 0.684. The Morgan fingerprint density at radius 1 is 0.938 bits per heavy atom. The van der Waals surface area contributed by atoms with E-state index in [1.54, 1.807) is 0 Å². The van der Waals surface area contributed by atoms with E-state index in [-0.39, 0.29) is 92.8 Å². The first-order valence-corrected chi connectivity index (χ1v) is 3.11. The molecule has 0 aromatic heterocycles. The van der Waals surface area contributed by atoms with E-state index in [4.69, 9.17) is 5.11 Å². The number of carbonyl (C=O) groups excluding carboxylic acids is 3. The molecule has 0 saturated heterocycles. The van der Waals surface area contributed by atoms with Crippen molar-refractivity contribution in [2.45, 2.75) is 18.4 Å². The zero-order valence-electron chi connectivity index (χ0n) is 8.30. The van der Waals surface area contributed by atoms with E-state index in [0.29, 0.717) is 0 Å². The molecule has 1 N–H and O–H groups in total. The number of rotatable bonds is 5. The molecule has 0 spiro atoms. The Kier molecular flexibility index (Phi) is 18.8. The largest absolute Gasteiger partial charge is 3.00 e. The van der Waals surface area contributed by atoms with Gasteiger partial charge < -0.3 is 34.8 Å². The molecule has 10 heteroatoms. The maximum Gasteiger partial charge on any atom is 3.00 e. The van der Waals surface area contributed by atoms with Gasteiger partial charge >= 0.3 is 92.8 Å². The predicted molar refractivity (Wildman–Crippen MR) is 46.5 cm³/mol. The van der Waals surface area contributed by atoms with Crippen LogP contribution in [0.3, 0.4) is 0 Å². The number of carboxylic acid groups (broad SMARTS) is 3. The summed E-state index contributed by atoms with van der Waals surface area (Å²) in [6.07, 6.45) is -2.72. The molecule has 0 aliphatic rings. The Labute approximate surface area is 161 Å². The number of hydrogen-bond acceptors (Lipinski definition) is 7. The van der Waals surface area contributed by atoms with E-state index in [9.17, 15) is 29.7 Å². The molecular weight excluding hydrogens is 291 g/mol. The Morgan fingerprint density at radius 2 is 1.19 bits per heavy atom. The monoisotopic (exact) mass is 296 g/mol. The van der Waals surface area contributed by atoms with Gasteiger partial charge in [0.25, 0.3) is 0 Å². The van der Waals surface area contributed by atoms with E-state index in [1.165, 1.54) is 0 Å². The molecule has 0 atom stereocenters. The molecule has 0 aliphatic heterocycles. The van der Waals surface area contributed by atoms with E-state index in [2.05, 4.69) is 0 Å². The van der Waals surface area contributed by atoms with Crippen LogP contribution in [0.2, 0.25) is 0 Å². The van der Waals surface area contributed by atoms with Gasteiger partial charge in [-0.05, 0) is 0 Å². The van der Waals surface area contributed by atoms with E-state index < -0.39 is 36.4 Å². The first-order chi connectivity index (χ1) is 5.78. The molecule has 0 heterocycles. The van der Waals surface area contributed by atoms with Gasteiger partial charge in [0.15, 0.2) is 0 Å². The van der Waals surface area contributed by atoms with Crippen LogP contribution in [0.4, 0.5) is 0 Å². The minimum atomic E-state index is -2.97. The van der Waals surface area contributed by atoms with Crippen LogP contribution in [0.25, 0.3) is 0 Å². The van der Waals surface area contributed by atoms with Crippen LogP contribution in [0.1, 0.15) is 12.8 Å². The van der Waals surface area contributed by atoms with Crippen molar-refractivity contribution in [2.75, 3.05) is 0 Å². The molecule has 0 radical (unpaired) electrons. The Balaban J connectivity index is -0.000000240.